The molecule has 26 heavy (non-hydrogen) atoms. The van der Waals surface area contributed by atoms with Crippen molar-refractivity contribution >= 4 is 29.1 Å². The highest BCUT2D eigenvalue weighted by atomic mass is 35.5. The minimum absolute atomic E-state index is 0.133. The number of amides is 1. The molecule has 1 aromatic heterocycles. The number of aromatic nitrogens is 2. The first-order valence-corrected chi connectivity index (χ1v) is 9.05. The molecule has 0 saturated heterocycles. The third-order valence-electron chi connectivity index (χ3n) is 4.22. The van der Waals surface area contributed by atoms with E-state index >= 15 is 0 Å². The number of aryl methyl sites for hydroxylation is 1. The van der Waals surface area contributed by atoms with Crippen LogP contribution in [0.4, 0.5) is 0 Å². The second-order valence-electron chi connectivity index (χ2n) is 6.11. The van der Waals surface area contributed by atoms with Crippen LogP contribution < -0.4 is 5.32 Å². The smallest absolute Gasteiger partial charge is 0.256 e. The van der Waals surface area contributed by atoms with Gasteiger partial charge in [-0.2, -0.15) is 5.10 Å². The largest absolute Gasteiger partial charge is 0.345 e. The summed E-state index contributed by atoms with van der Waals surface area (Å²) in [7, 11) is 0. The number of benzene rings is 2. The van der Waals surface area contributed by atoms with Crippen LogP contribution in [0.2, 0.25) is 10.2 Å². The van der Waals surface area contributed by atoms with Crippen LogP contribution in [-0.2, 0) is 6.54 Å². The lowest BCUT2D eigenvalue weighted by molar-refractivity contribution is 0.0939. The number of hydrogen-bond donors (Lipinski definition) is 1. The summed E-state index contributed by atoms with van der Waals surface area (Å²) in [5, 5.41) is 8.34. The van der Waals surface area contributed by atoms with Crippen LogP contribution in [0.1, 0.15) is 40.1 Å². The van der Waals surface area contributed by atoms with E-state index in [2.05, 4.69) is 10.4 Å². The van der Waals surface area contributed by atoms with Crippen molar-refractivity contribution < 1.29 is 4.79 Å². The average molecular weight is 388 g/mol. The number of halogens is 2. The average Bonchev–Trinajstić information content (AvgIpc) is 2.91. The Kier molecular flexibility index (Phi) is 5.64. The Bertz CT molecular complexity index is 922. The summed E-state index contributed by atoms with van der Waals surface area (Å²) in [4.78, 5) is 12.7. The molecule has 0 aliphatic heterocycles. The summed E-state index contributed by atoms with van der Waals surface area (Å²) < 4.78 is 1.60. The third-order valence-corrected chi connectivity index (χ3v) is 4.97. The Morgan fingerprint density at radius 3 is 2.46 bits per heavy atom. The molecule has 3 aromatic rings. The molecule has 0 aliphatic rings. The van der Waals surface area contributed by atoms with Gasteiger partial charge in [0, 0.05) is 5.02 Å². The number of nitrogens with zero attached hydrogens (tertiary/aromatic N) is 2. The first-order chi connectivity index (χ1) is 12.5. The SMILES string of the molecule is Cc1nn(Cc2ccccc2Cl)c(Cl)c1C(=O)NC(C)c1ccccc1. The van der Waals surface area contributed by atoms with Gasteiger partial charge in [0.15, 0.2) is 0 Å². The van der Waals surface area contributed by atoms with Crippen LogP contribution in [-0.4, -0.2) is 15.7 Å². The van der Waals surface area contributed by atoms with Gasteiger partial charge < -0.3 is 5.32 Å². The van der Waals surface area contributed by atoms with Crippen LogP contribution in [0.25, 0.3) is 0 Å². The molecule has 0 spiro atoms. The molecule has 1 atom stereocenters. The van der Waals surface area contributed by atoms with Crippen LogP contribution in [0.3, 0.4) is 0 Å². The zero-order chi connectivity index (χ0) is 18.7. The number of carbonyl (C=O) groups is 1. The zero-order valence-electron chi connectivity index (χ0n) is 14.5. The first kappa shape index (κ1) is 18.5. The maximum absolute atomic E-state index is 12.7. The predicted octanol–water partition coefficient (Wildman–Crippen LogP) is 5.04. The predicted molar refractivity (Wildman–Crippen MR) is 105 cm³/mol. The fraction of sp³-hybridized carbons (Fsp3) is 0.200. The van der Waals surface area contributed by atoms with Gasteiger partial charge in [0.25, 0.3) is 5.91 Å². The molecule has 1 heterocycles. The van der Waals surface area contributed by atoms with Crippen molar-refractivity contribution in [3.63, 3.8) is 0 Å². The molecule has 3 rings (SSSR count). The topological polar surface area (TPSA) is 46.9 Å². The van der Waals surface area contributed by atoms with Crippen molar-refractivity contribution in [3.05, 3.63) is 87.2 Å². The number of rotatable bonds is 5. The Morgan fingerprint density at radius 2 is 1.77 bits per heavy atom. The molecule has 2 aromatic carbocycles. The summed E-state index contributed by atoms with van der Waals surface area (Å²) in [5.41, 5.74) is 2.89. The standard InChI is InChI=1S/C20H19Cl2N3O/c1-13(15-8-4-3-5-9-15)23-20(26)18-14(2)24-25(19(18)22)12-16-10-6-7-11-17(16)21/h3-11,13H,12H2,1-2H3,(H,23,26). The molecule has 1 unspecified atom stereocenters. The number of nitrogens with one attached hydrogen (secondary N) is 1. The molecule has 0 saturated carbocycles. The van der Waals surface area contributed by atoms with Crippen molar-refractivity contribution in [3.8, 4) is 0 Å². The zero-order valence-corrected chi connectivity index (χ0v) is 16.1. The number of carbonyl (C=O) groups excluding carboxylic acids is 1. The monoisotopic (exact) mass is 387 g/mol. The van der Waals surface area contributed by atoms with Gasteiger partial charge in [0.1, 0.15) is 5.15 Å². The highest BCUT2D eigenvalue weighted by molar-refractivity contribution is 6.33. The molecule has 4 nitrogen and oxygen atoms in total. The van der Waals surface area contributed by atoms with E-state index in [1.165, 1.54) is 0 Å². The highest BCUT2D eigenvalue weighted by Crippen LogP contribution is 2.24. The lowest BCUT2D eigenvalue weighted by atomic mass is 10.1. The van der Waals surface area contributed by atoms with Crippen LogP contribution in [0.5, 0.6) is 0 Å². The van der Waals surface area contributed by atoms with E-state index in [9.17, 15) is 4.79 Å². The maximum atomic E-state index is 12.7. The maximum Gasteiger partial charge on any atom is 0.256 e. The molecule has 0 bridgehead atoms. The van der Waals surface area contributed by atoms with E-state index in [-0.39, 0.29) is 11.9 Å². The fourth-order valence-electron chi connectivity index (χ4n) is 2.80. The van der Waals surface area contributed by atoms with Crippen molar-refractivity contribution in [2.24, 2.45) is 0 Å². The van der Waals surface area contributed by atoms with Gasteiger partial charge in [-0.1, -0.05) is 71.7 Å². The quantitative estimate of drug-likeness (QED) is 0.666. The van der Waals surface area contributed by atoms with Gasteiger partial charge in [-0.25, -0.2) is 4.68 Å². The van der Waals surface area contributed by atoms with Crippen molar-refractivity contribution in [2.45, 2.75) is 26.4 Å². The minimum Gasteiger partial charge on any atom is -0.345 e. The van der Waals surface area contributed by atoms with Crippen molar-refractivity contribution in [1.29, 1.82) is 0 Å². The molecule has 0 radical (unpaired) electrons. The Morgan fingerprint density at radius 1 is 1.12 bits per heavy atom. The Labute approximate surface area is 162 Å². The van der Waals surface area contributed by atoms with E-state index in [4.69, 9.17) is 23.2 Å². The molecule has 1 N–H and O–H groups in total. The molecule has 0 fully saturated rings. The lowest BCUT2D eigenvalue weighted by Gasteiger charge is -2.14. The van der Waals surface area contributed by atoms with Gasteiger partial charge in [-0.05, 0) is 31.0 Å². The van der Waals surface area contributed by atoms with Gasteiger partial charge in [0.2, 0.25) is 0 Å². The molecule has 0 aliphatic carbocycles. The molecule has 1 amide bonds. The van der Waals surface area contributed by atoms with Crippen molar-refractivity contribution in [2.75, 3.05) is 0 Å². The highest BCUT2D eigenvalue weighted by Gasteiger charge is 2.22. The molecule has 134 valence electrons. The number of hydrogen-bond acceptors (Lipinski definition) is 2. The summed E-state index contributed by atoms with van der Waals surface area (Å²) in [6.45, 7) is 4.11. The fourth-order valence-corrected chi connectivity index (χ4v) is 3.31. The van der Waals surface area contributed by atoms with E-state index in [0.717, 1.165) is 11.1 Å². The van der Waals surface area contributed by atoms with E-state index in [1.807, 2.05) is 61.5 Å². The third kappa shape index (κ3) is 3.92. The van der Waals surface area contributed by atoms with Gasteiger partial charge in [-0.3, -0.25) is 4.79 Å². The molecular weight excluding hydrogens is 369 g/mol. The van der Waals surface area contributed by atoms with Gasteiger partial charge in [-0.15, -0.1) is 0 Å². The van der Waals surface area contributed by atoms with Crippen molar-refractivity contribution in [1.82, 2.24) is 15.1 Å². The van der Waals surface area contributed by atoms with Crippen LogP contribution >= 0.6 is 23.2 Å². The molecule has 6 heteroatoms. The van der Waals surface area contributed by atoms with E-state index < -0.39 is 0 Å². The Balaban J connectivity index is 1.81. The van der Waals surface area contributed by atoms with Gasteiger partial charge >= 0.3 is 0 Å². The summed E-state index contributed by atoms with van der Waals surface area (Å²) in [6, 6.07) is 17.1. The van der Waals surface area contributed by atoms with Crippen LogP contribution in [0, 0.1) is 6.92 Å². The van der Waals surface area contributed by atoms with E-state index in [1.54, 1.807) is 11.6 Å². The molecular formula is C20H19Cl2N3O. The van der Waals surface area contributed by atoms with Crippen LogP contribution in [0.15, 0.2) is 54.6 Å². The van der Waals surface area contributed by atoms with Gasteiger partial charge in [0.05, 0.1) is 23.8 Å². The Hall–Kier alpha value is -2.30. The first-order valence-electron chi connectivity index (χ1n) is 8.29. The second-order valence-corrected chi connectivity index (χ2v) is 6.87. The normalized spacial score (nSPS) is 12.0. The summed E-state index contributed by atoms with van der Waals surface area (Å²) in [6.07, 6.45) is 0. The summed E-state index contributed by atoms with van der Waals surface area (Å²) >= 11 is 12.7. The van der Waals surface area contributed by atoms with E-state index in [0.29, 0.717) is 28.0 Å². The minimum atomic E-state index is -0.241. The lowest BCUT2D eigenvalue weighted by Crippen LogP contribution is -2.27. The summed E-state index contributed by atoms with van der Waals surface area (Å²) in [5.74, 6) is -0.241. The second kappa shape index (κ2) is 7.94.